The second kappa shape index (κ2) is 24.5. The number of carbonyl (C=O) groups excluding carboxylic acids is 4. The molecular formula is C43H76N4O7. The van der Waals surface area contributed by atoms with Crippen LogP contribution in [0.4, 0.5) is 0 Å². The average Bonchev–Trinajstić information content (AvgIpc) is 3.63. The highest BCUT2D eigenvalue weighted by Crippen LogP contribution is 2.31. The van der Waals surface area contributed by atoms with E-state index in [2.05, 4.69) is 19.2 Å². The Morgan fingerprint density at radius 2 is 1.52 bits per heavy atom. The number of nitrogens with one attached hydrogen (secondary N) is 1. The number of aliphatic hydroxyl groups is 1. The summed E-state index contributed by atoms with van der Waals surface area (Å²) in [5, 5.41) is 13.6. The molecule has 10 atom stereocenters. The monoisotopic (exact) mass is 761 g/mol. The van der Waals surface area contributed by atoms with Gasteiger partial charge in [-0.15, -0.1) is 0 Å². The molecule has 3 amide bonds. The van der Waals surface area contributed by atoms with Crippen molar-refractivity contribution in [1.29, 1.82) is 0 Å². The predicted molar refractivity (Wildman–Crippen MR) is 217 cm³/mol. The molecule has 11 heteroatoms. The van der Waals surface area contributed by atoms with Crippen molar-refractivity contribution in [3.63, 3.8) is 0 Å². The summed E-state index contributed by atoms with van der Waals surface area (Å²) in [6, 6.07) is 7.94. The van der Waals surface area contributed by atoms with Gasteiger partial charge in [0.15, 0.2) is 0 Å². The maximum atomic E-state index is 14.3. The van der Waals surface area contributed by atoms with Gasteiger partial charge in [-0.2, -0.15) is 0 Å². The van der Waals surface area contributed by atoms with Gasteiger partial charge in [0.2, 0.25) is 17.7 Å². The molecule has 11 nitrogen and oxygen atoms in total. The highest BCUT2D eigenvalue weighted by Gasteiger charge is 2.42. The van der Waals surface area contributed by atoms with Crippen molar-refractivity contribution in [3.8, 4) is 0 Å². The van der Waals surface area contributed by atoms with E-state index >= 15 is 0 Å². The zero-order chi connectivity index (χ0) is 41.3. The Balaban J connectivity index is 0.00000716. The summed E-state index contributed by atoms with van der Waals surface area (Å²) in [4.78, 5) is 60.5. The number of methoxy groups -OCH3 is 1. The summed E-state index contributed by atoms with van der Waals surface area (Å²) < 4.78 is 11.4. The van der Waals surface area contributed by atoms with Crippen LogP contribution in [-0.2, 0) is 35.1 Å². The Bertz CT molecular complexity index is 1250. The number of rotatable bonds is 21. The first-order chi connectivity index (χ1) is 25.5. The number of likely N-dealkylation sites (tertiary alicyclic amines) is 1. The number of aliphatic hydroxyl groups excluding tert-OH is 1. The molecular weight excluding hydrogens is 684 g/mol. The zero-order valence-electron chi connectivity index (χ0n) is 36.1. The molecule has 0 aliphatic carbocycles. The summed E-state index contributed by atoms with van der Waals surface area (Å²) in [5.74, 6) is -1.57. The molecule has 2 N–H and O–H groups in total. The lowest BCUT2D eigenvalue weighted by Crippen LogP contribution is -2.58. The maximum Gasteiger partial charge on any atom is 0.311 e. The number of esters is 1. The Kier molecular flexibility index (Phi) is 22.2. The van der Waals surface area contributed by atoms with E-state index in [1.165, 1.54) is 0 Å². The van der Waals surface area contributed by atoms with Crippen LogP contribution in [0.3, 0.4) is 0 Å². The predicted octanol–water partition coefficient (Wildman–Crippen LogP) is 5.82. The molecule has 310 valence electrons. The molecule has 0 spiro atoms. The van der Waals surface area contributed by atoms with Crippen LogP contribution in [0.15, 0.2) is 30.3 Å². The largest absolute Gasteiger partial charge is 0.463 e. The second-order valence-corrected chi connectivity index (χ2v) is 15.8. The number of carbonyl (C=O) groups is 4. The molecule has 0 saturated carbocycles. The minimum atomic E-state index is -0.833. The zero-order valence-corrected chi connectivity index (χ0v) is 36.1. The lowest BCUT2D eigenvalue weighted by Gasteiger charge is -2.41. The number of amides is 3. The van der Waals surface area contributed by atoms with Gasteiger partial charge in [0, 0.05) is 39.6 Å². The summed E-state index contributed by atoms with van der Waals surface area (Å²) >= 11 is 0. The van der Waals surface area contributed by atoms with Gasteiger partial charge >= 0.3 is 5.97 Å². The molecule has 0 radical (unpaired) electrons. The first-order valence-electron chi connectivity index (χ1n) is 20.4. The molecule has 0 aromatic heterocycles. The van der Waals surface area contributed by atoms with Crippen molar-refractivity contribution in [3.05, 3.63) is 35.9 Å². The summed E-state index contributed by atoms with van der Waals surface area (Å²) in [6.07, 6.45) is 2.21. The van der Waals surface area contributed by atoms with Gasteiger partial charge in [0.05, 0.1) is 30.2 Å². The quantitative estimate of drug-likeness (QED) is 0.150. The molecule has 1 fully saturated rings. The highest BCUT2D eigenvalue weighted by atomic mass is 16.5. The van der Waals surface area contributed by atoms with Crippen molar-refractivity contribution >= 4 is 23.7 Å². The Morgan fingerprint density at radius 1 is 0.926 bits per heavy atom. The van der Waals surface area contributed by atoms with E-state index in [9.17, 15) is 24.3 Å². The second-order valence-electron chi connectivity index (χ2n) is 15.8. The molecule has 54 heavy (non-hydrogen) atoms. The molecule has 1 aliphatic heterocycles. The van der Waals surface area contributed by atoms with Crippen molar-refractivity contribution in [2.75, 3.05) is 41.4 Å². The molecule has 2 rings (SSSR count). The van der Waals surface area contributed by atoms with Crippen LogP contribution >= 0.6 is 0 Å². The number of likely N-dealkylation sites (N-methyl/N-ethyl adjacent to an activating group) is 2. The fraction of sp³-hybridized carbons (Fsp3) is 0.767. The third-order valence-electron chi connectivity index (χ3n) is 11.2. The van der Waals surface area contributed by atoms with E-state index in [4.69, 9.17) is 9.47 Å². The van der Waals surface area contributed by atoms with Crippen LogP contribution in [0.5, 0.6) is 0 Å². The van der Waals surface area contributed by atoms with Gasteiger partial charge in [0.25, 0.3) is 0 Å². The lowest BCUT2D eigenvalue weighted by molar-refractivity contribution is -0.159. The number of nitrogens with zero attached hydrogens (tertiary/aromatic N) is 3. The molecule has 1 aliphatic rings. The van der Waals surface area contributed by atoms with Crippen molar-refractivity contribution in [2.24, 2.45) is 29.6 Å². The van der Waals surface area contributed by atoms with Gasteiger partial charge < -0.3 is 29.7 Å². The number of hydrogen-bond donors (Lipinski definition) is 2. The molecule has 1 heterocycles. The van der Waals surface area contributed by atoms with E-state index in [0.717, 1.165) is 24.8 Å². The number of benzene rings is 1. The summed E-state index contributed by atoms with van der Waals surface area (Å²) in [6.45, 7) is 20.4. The maximum absolute atomic E-state index is 14.3. The van der Waals surface area contributed by atoms with Crippen molar-refractivity contribution < 1.29 is 33.8 Å². The van der Waals surface area contributed by atoms with Crippen LogP contribution in [0.2, 0.25) is 0 Å². The molecule has 0 bridgehead atoms. The first kappa shape index (κ1) is 49.0. The van der Waals surface area contributed by atoms with Crippen LogP contribution < -0.4 is 5.32 Å². The van der Waals surface area contributed by atoms with E-state index < -0.39 is 30.1 Å². The Labute approximate surface area is 327 Å². The fourth-order valence-corrected chi connectivity index (χ4v) is 8.03. The Hall–Kier alpha value is -3.02. The number of hydrogen-bond acceptors (Lipinski definition) is 8. The third kappa shape index (κ3) is 13.9. The van der Waals surface area contributed by atoms with Gasteiger partial charge in [-0.05, 0) is 63.1 Å². The van der Waals surface area contributed by atoms with E-state index in [0.29, 0.717) is 19.4 Å². The normalized spacial score (nSPS) is 19.4. The van der Waals surface area contributed by atoms with Gasteiger partial charge in [-0.25, -0.2) is 0 Å². The van der Waals surface area contributed by atoms with E-state index in [1.54, 1.807) is 26.0 Å². The smallest absolute Gasteiger partial charge is 0.311 e. The van der Waals surface area contributed by atoms with Gasteiger partial charge in [-0.3, -0.25) is 24.1 Å². The molecule has 1 aromatic carbocycles. The molecule has 10 unspecified atom stereocenters. The number of ether oxygens (including phenoxy) is 2. The van der Waals surface area contributed by atoms with Crippen molar-refractivity contribution in [2.45, 2.75) is 144 Å². The minimum absolute atomic E-state index is 0.0393. The Morgan fingerprint density at radius 3 is 2.04 bits per heavy atom. The summed E-state index contributed by atoms with van der Waals surface area (Å²) in [5.41, 5.74) is 0.955. The fourth-order valence-electron chi connectivity index (χ4n) is 8.03. The minimum Gasteiger partial charge on any atom is -0.463 e. The van der Waals surface area contributed by atoms with Gasteiger partial charge in [-0.1, -0.05) is 105 Å². The molecule has 1 saturated heterocycles. The average molecular weight is 761 g/mol. The van der Waals surface area contributed by atoms with Crippen LogP contribution in [0, 0.1) is 29.6 Å². The van der Waals surface area contributed by atoms with Crippen molar-refractivity contribution in [1.82, 2.24) is 20.0 Å². The van der Waals surface area contributed by atoms with Crippen LogP contribution in [0.25, 0.3) is 0 Å². The SMILES string of the molecule is CC.CCC(C)C(NC(=O)C(C(C)C)N(C)C)C(=O)N(C)C(C(C)CC)C(C)CC(=O)N1CCCC1C(OC)C(C)C(=O)OCC(O)Cc1ccccc1. The van der Waals surface area contributed by atoms with E-state index in [-0.39, 0.29) is 72.5 Å². The lowest BCUT2D eigenvalue weighted by atomic mass is 9.84. The van der Waals surface area contributed by atoms with E-state index in [1.807, 2.05) is 103 Å². The summed E-state index contributed by atoms with van der Waals surface area (Å²) in [7, 11) is 7.10. The highest BCUT2D eigenvalue weighted by molar-refractivity contribution is 5.90. The third-order valence-corrected chi connectivity index (χ3v) is 11.2. The topological polar surface area (TPSA) is 129 Å². The first-order valence-corrected chi connectivity index (χ1v) is 20.4. The van der Waals surface area contributed by atoms with Crippen LogP contribution in [-0.4, -0.2) is 121 Å². The molecule has 1 aromatic rings. The van der Waals surface area contributed by atoms with Gasteiger partial charge in [0.1, 0.15) is 12.6 Å². The van der Waals surface area contributed by atoms with Crippen LogP contribution in [0.1, 0.15) is 107 Å². The standard InChI is InChI=1S/C41H70N4O7.C2H6/c1-13-27(5)35(42-39(48)36(26(3)4)43(9)10)40(49)44(11)37(28(6)14-2)29(7)23-34(47)45-22-18-21-33(45)38(51-12)30(8)41(50)52-25-32(46)24-31-19-16-15-17-20-31;1-2/h15-17,19-20,26-30,32-33,35-38,46H,13-14,18,21-25H2,1-12H3,(H,42,48);1-2H3.